The number of aliphatic carboxylic acids is 1. The molecule has 1 N–H and O–H groups in total. The molecule has 0 aromatic heterocycles. The molecule has 1 fully saturated rings. The fourth-order valence-electron chi connectivity index (χ4n) is 2.86. The molecular weight excluding hydrogens is 352 g/mol. The normalized spacial score (nSPS) is 16.3. The minimum Gasteiger partial charge on any atom is -0.480 e. The molecule has 0 radical (unpaired) electrons. The van der Waals surface area contributed by atoms with Gasteiger partial charge in [0.1, 0.15) is 5.25 Å². The van der Waals surface area contributed by atoms with Gasteiger partial charge in [0.25, 0.3) is 5.91 Å². The predicted molar refractivity (Wildman–Crippen MR) is 101 cm³/mol. The first-order valence-electron chi connectivity index (χ1n) is 8.87. The second-order valence-corrected chi connectivity index (χ2v) is 8.10. The van der Waals surface area contributed by atoms with Gasteiger partial charge in [-0.05, 0) is 25.5 Å². The lowest BCUT2D eigenvalue weighted by Gasteiger charge is -2.24. The Morgan fingerprint density at radius 1 is 1.00 bits per heavy atom. The van der Waals surface area contributed by atoms with Crippen molar-refractivity contribution < 1.29 is 19.5 Å². The third-order valence-electron chi connectivity index (χ3n) is 4.36. The van der Waals surface area contributed by atoms with E-state index in [9.17, 15) is 14.4 Å². The number of benzene rings is 1. The molecule has 1 aromatic carbocycles. The van der Waals surface area contributed by atoms with Crippen LogP contribution in [0.1, 0.15) is 37.6 Å². The van der Waals surface area contributed by atoms with Crippen LogP contribution in [0.4, 0.5) is 0 Å². The molecule has 1 unspecified atom stereocenters. The molecule has 2 amide bonds. The SMILES string of the molecule is CC(C)C(=O)N1CCCN(C(=O)c2ccccc2SC(C)C(=O)O)CC1. The van der Waals surface area contributed by atoms with Crippen molar-refractivity contribution in [3.05, 3.63) is 29.8 Å². The Bertz CT molecular complexity index is 677. The molecule has 2 rings (SSSR count). The van der Waals surface area contributed by atoms with Gasteiger partial charge < -0.3 is 14.9 Å². The van der Waals surface area contributed by atoms with E-state index in [4.69, 9.17) is 5.11 Å². The summed E-state index contributed by atoms with van der Waals surface area (Å²) in [7, 11) is 0. The topological polar surface area (TPSA) is 77.9 Å². The van der Waals surface area contributed by atoms with Gasteiger partial charge in [-0.1, -0.05) is 26.0 Å². The Kier molecular flexibility index (Phi) is 7.08. The van der Waals surface area contributed by atoms with Gasteiger partial charge in [-0.3, -0.25) is 14.4 Å². The number of carbonyl (C=O) groups excluding carboxylic acids is 2. The van der Waals surface area contributed by atoms with Crippen molar-refractivity contribution in [2.24, 2.45) is 5.92 Å². The summed E-state index contributed by atoms with van der Waals surface area (Å²) in [5.74, 6) is -0.947. The second kappa shape index (κ2) is 9.07. The van der Waals surface area contributed by atoms with Crippen LogP contribution < -0.4 is 0 Å². The molecule has 6 nitrogen and oxygen atoms in total. The lowest BCUT2D eigenvalue weighted by atomic mass is 10.2. The molecule has 7 heteroatoms. The van der Waals surface area contributed by atoms with E-state index in [1.807, 2.05) is 18.7 Å². The Morgan fingerprint density at radius 3 is 2.27 bits per heavy atom. The Balaban J connectivity index is 2.12. The van der Waals surface area contributed by atoms with Crippen LogP contribution in [0.3, 0.4) is 0 Å². The van der Waals surface area contributed by atoms with E-state index in [-0.39, 0.29) is 17.7 Å². The molecule has 0 aliphatic carbocycles. The minimum atomic E-state index is -0.908. The summed E-state index contributed by atoms with van der Waals surface area (Å²) in [5.41, 5.74) is 0.522. The molecule has 142 valence electrons. The van der Waals surface area contributed by atoms with Crippen molar-refractivity contribution in [2.45, 2.75) is 37.3 Å². The van der Waals surface area contributed by atoms with Gasteiger partial charge in [0.2, 0.25) is 5.91 Å². The third-order valence-corrected chi connectivity index (χ3v) is 5.52. The molecule has 1 atom stereocenters. The van der Waals surface area contributed by atoms with Crippen LogP contribution in [-0.4, -0.2) is 64.1 Å². The highest BCUT2D eigenvalue weighted by atomic mass is 32.2. The summed E-state index contributed by atoms with van der Waals surface area (Å²) in [6.07, 6.45) is 0.741. The van der Waals surface area contributed by atoms with E-state index in [1.165, 1.54) is 11.8 Å². The van der Waals surface area contributed by atoms with E-state index in [2.05, 4.69) is 0 Å². The second-order valence-electron chi connectivity index (χ2n) is 6.72. The zero-order valence-corrected chi connectivity index (χ0v) is 16.3. The highest BCUT2D eigenvalue weighted by molar-refractivity contribution is 8.00. The highest BCUT2D eigenvalue weighted by Crippen LogP contribution is 2.28. The molecule has 0 saturated carbocycles. The largest absolute Gasteiger partial charge is 0.480 e. The van der Waals surface area contributed by atoms with Crippen molar-refractivity contribution in [2.75, 3.05) is 26.2 Å². The fourth-order valence-corrected chi connectivity index (χ4v) is 3.78. The Morgan fingerprint density at radius 2 is 1.62 bits per heavy atom. The summed E-state index contributed by atoms with van der Waals surface area (Å²) < 4.78 is 0. The van der Waals surface area contributed by atoms with Crippen LogP contribution >= 0.6 is 11.8 Å². The molecule has 0 spiro atoms. The first kappa shape index (κ1) is 20.3. The Labute approximate surface area is 158 Å². The summed E-state index contributed by atoms with van der Waals surface area (Å²) in [5, 5.41) is 8.50. The zero-order chi connectivity index (χ0) is 19.3. The Hall–Kier alpha value is -2.02. The van der Waals surface area contributed by atoms with Crippen molar-refractivity contribution in [1.29, 1.82) is 0 Å². The molecule has 1 aliphatic heterocycles. The van der Waals surface area contributed by atoms with Crippen LogP contribution in [0.2, 0.25) is 0 Å². The maximum atomic E-state index is 13.0. The minimum absolute atomic E-state index is 0.0492. The standard InChI is InChI=1S/C19H26N2O4S/c1-13(2)17(22)20-9-6-10-21(12-11-20)18(23)15-7-4-5-8-16(15)26-14(3)19(24)25/h4-5,7-8,13-14H,6,9-12H2,1-3H3,(H,24,25). The highest BCUT2D eigenvalue weighted by Gasteiger charge is 2.26. The van der Waals surface area contributed by atoms with Gasteiger partial charge in [-0.15, -0.1) is 11.8 Å². The summed E-state index contributed by atoms with van der Waals surface area (Å²) >= 11 is 1.17. The van der Waals surface area contributed by atoms with Gasteiger partial charge in [0.15, 0.2) is 0 Å². The number of carboxylic acids is 1. The van der Waals surface area contributed by atoms with Gasteiger partial charge in [-0.2, -0.15) is 0 Å². The third kappa shape index (κ3) is 5.00. The average molecular weight is 378 g/mol. The number of rotatable bonds is 5. The molecule has 1 saturated heterocycles. The summed E-state index contributed by atoms with van der Waals surface area (Å²) in [4.78, 5) is 40.6. The predicted octanol–water partition coefficient (Wildman–Crippen LogP) is 2.58. The smallest absolute Gasteiger partial charge is 0.316 e. The number of hydrogen-bond donors (Lipinski definition) is 1. The number of hydrogen-bond acceptors (Lipinski definition) is 4. The average Bonchev–Trinajstić information content (AvgIpc) is 2.86. The quantitative estimate of drug-likeness (QED) is 0.797. The molecule has 0 bridgehead atoms. The number of carbonyl (C=O) groups is 3. The molecule has 1 aromatic rings. The van der Waals surface area contributed by atoms with Crippen molar-refractivity contribution in [1.82, 2.24) is 9.80 Å². The summed E-state index contributed by atoms with van der Waals surface area (Å²) in [6.45, 7) is 7.64. The molecule has 1 heterocycles. The first-order chi connectivity index (χ1) is 12.3. The van der Waals surface area contributed by atoms with Crippen molar-refractivity contribution in [3.63, 3.8) is 0 Å². The van der Waals surface area contributed by atoms with Gasteiger partial charge in [0.05, 0.1) is 5.56 Å². The molecule has 26 heavy (non-hydrogen) atoms. The molecular formula is C19H26N2O4S. The number of thioether (sulfide) groups is 1. The van der Waals surface area contributed by atoms with Crippen LogP contribution in [0.15, 0.2) is 29.2 Å². The fraction of sp³-hybridized carbons (Fsp3) is 0.526. The monoisotopic (exact) mass is 378 g/mol. The maximum Gasteiger partial charge on any atom is 0.316 e. The van der Waals surface area contributed by atoms with E-state index in [0.717, 1.165) is 6.42 Å². The van der Waals surface area contributed by atoms with Crippen LogP contribution in [0.5, 0.6) is 0 Å². The lowest BCUT2D eigenvalue weighted by molar-refractivity contribution is -0.136. The number of carboxylic acid groups (broad SMARTS) is 1. The lowest BCUT2D eigenvalue weighted by Crippen LogP contribution is -2.39. The van der Waals surface area contributed by atoms with Crippen LogP contribution in [-0.2, 0) is 9.59 Å². The number of amides is 2. The van der Waals surface area contributed by atoms with Gasteiger partial charge >= 0.3 is 5.97 Å². The first-order valence-corrected chi connectivity index (χ1v) is 9.75. The van der Waals surface area contributed by atoms with Gasteiger partial charge in [-0.25, -0.2) is 0 Å². The van der Waals surface area contributed by atoms with E-state index < -0.39 is 11.2 Å². The molecule has 1 aliphatic rings. The van der Waals surface area contributed by atoms with Gasteiger partial charge in [0, 0.05) is 37.0 Å². The van der Waals surface area contributed by atoms with E-state index in [0.29, 0.717) is 36.6 Å². The summed E-state index contributed by atoms with van der Waals surface area (Å²) in [6, 6.07) is 7.11. The number of nitrogens with zero attached hydrogens (tertiary/aromatic N) is 2. The van der Waals surface area contributed by atoms with E-state index in [1.54, 1.807) is 36.1 Å². The maximum absolute atomic E-state index is 13.0. The van der Waals surface area contributed by atoms with Crippen LogP contribution in [0.25, 0.3) is 0 Å². The van der Waals surface area contributed by atoms with Crippen LogP contribution in [0, 0.1) is 5.92 Å². The zero-order valence-electron chi connectivity index (χ0n) is 15.5. The van der Waals surface area contributed by atoms with Crippen molar-refractivity contribution >= 4 is 29.5 Å². The van der Waals surface area contributed by atoms with E-state index >= 15 is 0 Å². The van der Waals surface area contributed by atoms with Crippen molar-refractivity contribution in [3.8, 4) is 0 Å².